The number of nitrogens with two attached hydrogens (primary N) is 1. The van der Waals surface area contributed by atoms with Crippen LogP contribution in [0.2, 0.25) is 0 Å². The van der Waals surface area contributed by atoms with Crippen molar-refractivity contribution < 1.29 is 22.3 Å². The first-order valence-electron chi connectivity index (χ1n) is 6.09. The highest BCUT2D eigenvalue weighted by Crippen LogP contribution is 2.38. The van der Waals surface area contributed by atoms with E-state index in [9.17, 15) is 17.6 Å². The lowest BCUT2D eigenvalue weighted by molar-refractivity contribution is -0.138. The molecule has 1 aromatic rings. The minimum Gasteiger partial charge on any atom is -0.381 e. The van der Waals surface area contributed by atoms with E-state index in [2.05, 4.69) is 0 Å². The van der Waals surface area contributed by atoms with Gasteiger partial charge in [-0.05, 0) is 36.5 Å². The summed E-state index contributed by atoms with van der Waals surface area (Å²) in [5.41, 5.74) is 4.92. The molecule has 0 bridgehead atoms. The predicted octanol–water partition coefficient (Wildman–Crippen LogP) is 3.69. The number of benzene rings is 1. The van der Waals surface area contributed by atoms with Gasteiger partial charge >= 0.3 is 6.18 Å². The minimum absolute atomic E-state index is 0. The second kappa shape index (κ2) is 6.74. The summed E-state index contributed by atoms with van der Waals surface area (Å²) in [6, 6.07) is 1.91. The molecule has 1 atom stereocenters. The molecule has 0 unspecified atom stereocenters. The van der Waals surface area contributed by atoms with Gasteiger partial charge in [-0.25, -0.2) is 4.39 Å². The summed E-state index contributed by atoms with van der Waals surface area (Å²) in [7, 11) is 0. The van der Waals surface area contributed by atoms with E-state index >= 15 is 0 Å². The molecule has 7 heteroatoms. The molecule has 0 saturated carbocycles. The van der Waals surface area contributed by atoms with Crippen molar-refractivity contribution in [1.82, 2.24) is 0 Å². The third-order valence-electron chi connectivity index (χ3n) is 3.45. The topological polar surface area (TPSA) is 35.2 Å². The van der Waals surface area contributed by atoms with Crippen molar-refractivity contribution in [3.8, 4) is 0 Å². The molecule has 0 spiro atoms. The Balaban J connectivity index is 0.00000200. The van der Waals surface area contributed by atoms with E-state index in [0.29, 0.717) is 32.1 Å². The van der Waals surface area contributed by atoms with Crippen molar-refractivity contribution in [2.75, 3.05) is 13.2 Å². The van der Waals surface area contributed by atoms with Gasteiger partial charge in [0.05, 0.1) is 5.56 Å². The molecule has 1 aliphatic heterocycles. The Kier molecular flexibility index (Phi) is 5.79. The van der Waals surface area contributed by atoms with Crippen molar-refractivity contribution in [3.63, 3.8) is 0 Å². The molecule has 1 aromatic carbocycles. The molecule has 0 amide bonds. The Hall–Kier alpha value is -0.850. The van der Waals surface area contributed by atoms with Gasteiger partial charge < -0.3 is 10.5 Å². The smallest absolute Gasteiger partial charge is 0.381 e. The number of hydrogen-bond donors (Lipinski definition) is 1. The lowest BCUT2D eigenvalue weighted by Crippen LogP contribution is -2.29. The number of hydrogen-bond acceptors (Lipinski definition) is 2. The van der Waals surface area contributed by atoms with Crippen LogP contribution in [0.3, 0.4) is 0 Å². The van der Waals surface area contributed by atoms with E-state index in [1.54, 1.807) is 0 Å². The van der Waals surface area contributed by atoms with Crippen LogP contribution in [0.4, 0.5) is 17.6 Å². The molecule has 1 aliphatic rings. The van der Waals surface area contributed by atoms with Gasteiger partial charge in [-0.1, -0.05) is 6.07 Å². The van der Waals surface area contributed by atoms with Gasteiger partial charge in [0.1, 0.15) is 5.82 Å². The third kappa shape index (κ3) is 3.84. The summed E-state index contributed by atoms with van der Waals surface area (Å²) in [6.07, 6.45) is -3.36. The van der Waals surface area contributed by atoms with E-state index < -0.39 is 23.6 Å². The normalized spacial score (nSPS) is 18.4. The summed E-state index contributed by atoms with van der Waals surface area (Å²) in [5, 5.41) is 0. The lowest BCUT2D eigenvalue weighted by Gasteiger charge is -2.29. The van der Waals surface area contributed by atoms with Crippen LogP contribution < -0.4 is 5.73 Å². The molecule has 1 heterocycles. The Morgan fingerprint density at radius 3 is 2.35 bits per heavy atom. The highest BCUT2D eigenvalue weighted by molar-refractivity contribution is 5.85. The number of ether oxygens (including phenoxy) is 1. The van der Waals surface area contributed by atoms with Gasteiger partial charge in [-0.2, -0.15) is 13.2 Å². The second-order valence-corrected chi connectivity index (χ2v) is 4.70. The van der Waals surface area contributed by atoms with Crippen molar-refractivity contribution in [2.45, 2.75) is 25.1 Å². The highest BCUT2D eigenvalue weighted by Gasteiger charge is 2.36. The zero-order valence-electron chi connectivity index (χ0n) is 10.6. The molecule has 0 aliphatic carbocycles. The van der Waals surface area contributed by atoms with E-state index in [0.717, 1.165) is 12.1 Å². The second-order valence-electron chi connectivity index (χ2n) is 4.70. The molecule has 2 rings (SSSR count). The molecule has 0 radical (unpaired) electrons. The Morgan fingerprint density at radius 2 is 1.80 bits per heavy atom. The number of halogens is 5. The molecule has 0 aromatic heterocycles. The first-order valence-corrected chi connectivity index (χ1v) is 6.09. The fourth-order valence-corrected chi connectivity index (χ4v) is 2.39. The largest absolute Gasteiger partial charge is 0.416 e. The fraction of sp³-hybridized carbons (Fsp3) is 0.538. The molecule has 1 saturated heterocycles. The summed E-state index contributed by atoms with van der Waals surface area (Å²) in [6.45, 7) is 1.00. The molecule has 114 valence electrons. The summed E-state index contributed by atoms with van der Waals surface area (Å²) in [4.78, 5) is 0. The van der Waals surface area contributed by atoms with Gasteiger partial charge in [0.2, 0.25) is 0 Å². The highest BCUT2D eigenvalue weighted by atomic mass is 35.5. The maximum atomic E-state index is 13.0. The fourth-order valence-electron chi connectivity index (χ4n) is 2.39. The van der Waals surface area contributed by atoms with Gasteiger partial charge in [0.15, 0.2) is 0 Å². The lowest BCUT2D eigenvalue weighted by atomic mass is 9.85. The first-order chi connectivity index (χ1) is 8.89. The Bertz CT molecular complexity index is 446. The van der Waals surface area contributed by atoms with Crippen LogP contribution in [-0.4, -0.2) is 13.2 Å². The number of rotatable bonds is 2. The van der Waals surface area contributed by atoms with E-state index in [-0.39, 0.29) is 23.9 Å². The van der Waals surface area contributed by atoms with Gasteiger partial charge in [-0.3, -0.25) is 0 Å². The van der Waals surface area contributed by atoms with Crippen molar-refractivity contribution >= 4 is 12.4 Å². The van der Waals surface area contributed by atoms with Crippen LogP contribution in [0.15, 0.2) is 18.2 Å². The SMILES string of the molecule is Cl.N[C@H](c1ccc(F)cc1C(F)(F)F)C1CCOCC1. The van der Waals surface area contributed by atoms with Crippen LogP contribution in [0.5, 0.6) is 0 Å². The maximum Gasteiger partial charge on any atom is 0.416 e. The molecule has 2 N–H and O–H groups in total. The van der Waals surface area contributed by atoms with Gasteiger partial charge in [0, 0.05) is 19.3 Å². The zero-order chi connectivity index (χ0) is 14.0. The van der Waals surface area contributed by atoms with Crippen molar-refractivity contribution in [3.05, 3.63) is 35.1 Å². The molecule has 2 nitrogen and oxygen atoms in total. The van der Waals surface area contributed by atoms with Crippen molar-refractivity contribution in [2.24, 2.45) is 11.7 Å². The van der Waals surface area contributed by atoms with Crippen LogP contribution in [0, 0.1) is 11.7 Å². The monoisotopic (exact) mass is 313 g/mol. The molecule has 1 fully saturated rings. The van der Waals surface area contributed by atoms with E-state index in [4.69, 9.17) is 10.5 Å². The van der Waals surface area contributed by atoms with Gasteiger partial charge in [0.25, 0.3) is 0 Å². The average molecular weight is 314 g/mol. The van der Waals surface area contributed by atoms with E-state index in [1.165, 1.54) is 0 Å². The quantitative estimate of drug-likeness (QED) is 0.845. The van der Waals surface area contributed by atoms with Crippen LogP contribution >= 0.6 is 12.4 Å². The predicted molar refractivity (Wildman–Crippen MR) is 69.1 cm³/mol. The van der Waals surface area contributed by atoms with Crippen LogP contribution in [0.1, 0.15) is 30.0 Å². The number of alkyl halides is 3. The minimum atomic E-state index is -4.60. The zero-order valence-corrected chi connectivity index (χ0v) is 11.4. The summed E-state index contributed by atoms with van der Waals surface area (Å²) < 4.78 is 56.9. The summed E-state index contributed by atoms with van der Waals surface area (Å²) >= 11 is 0. The van der Waals surface area contributed by atoms with E-state index in [1.807, 2.05) is 0 Å². The van der Waals surface area contributed by atoms with Gasteiger partial charge in [-0.15, -0.1) is 12.4 Å². The first kappa shape index (κ1) is 17.2. The standard InChI is InChI=1S/C13H15F4NO.ClH/c14-9-1-2-10(11(7-9)13(15,16)17)12(18)8-3-5-19-6-4-8;/h1-2,7-8,12H,3-6,18H2;1H/t12-;/m0./s1. The summed E-state index contributed by atoms with van der Waals surface area (Å²) in [5.74, 6) is -0.976. The van der Waals surface area contributed by atoms with Crippen LogP contribution in [0.25, 0.3) is 0 Å². The third-order valence-corrected chi connectivity index (χ3v) is 3.45. The van der Waals surface area contributed by atoms with Crippen molar-refractivity contribution in [1.29, 1.82) is 0 Å². The maximum absolute atomic E-state index is 13.0. The Morgan fingerprint density at radius 1 is 1.20 bits per heavy atom. The molecule has 20 heavy (non-hydrogen) atoms. The Labute approximate surface area is 120 Å². The average Bonchev–Trinajstić information content (AvgIpc) is 2.38. The van der Waals surface area contributed by atoms with Crippen LogP contribution in [-0.2, 0) is 10.9 Å². The molecular formula is C13H16ClF4NO. The molecular weight excluding hydrogens is 298 g/mol.